The smallest absolute Gasteiger partial charge is 0.410 e. The minimum absolute atomic E-state index is 0.0500. The molecule has 33 heavy (non-hydrogen) atoms. The highest BCUT2D eigenvalue weighted by molar-refractivity contribution is 6.99. The molecule has 5 heteroatoms. The van der Waals surface area contributed by atoms with Crippen LogP contribution in [0.2, 0.25) is 5.04 Å². The largest absolute Gasteiger partial charge is 0.444 e. The van der Waals surface area contributed by atoms with Crippen LogP contribution in [0.1, 0.15) is 61.3 Å². The van der Waals surface area contributed by atoms with Gasteiger partial charge in [0, 0.05) is 18.0 Å². The zero-order valence-corrected chi connectivity index (χ0v) is 22.2. The molecule has 2 bridgehead atoms. The molecule has 0 unspecified atom stereocenters. The molecule has 0 N–H and O–H groups in total. The molecule has 1 aliphatic heterocycles. The zero-order chi connectivity index (χ0) is 24.0. The Hall–Kier alpha value is -2.11. The quantitative estimate of drug-likeness (QED) is 0.572. The van der Waals surface area contributed by atoms with Crippen LogP contribution in [-0.4, -0.2) is 43.1 Å². The first-order valence-corrected chi connectivity index (χ1v) is 14.1. The Morgan fingerprint density at radius 1 is 0.879 bits per heavy atom. The Balaban J connectivity index is 1.68. The highest BCUT2D eigenvalue weighted by Gasteiger charge is 2.58. The van der Waals surface area contributed by atoms with Crippen LogP contribution in [0.15, 0.2) is 60.7 Å². The van der Waals surface area contributed by atoms with Crippen molar-refractivity contribution in [2.45, 2.75) is 90.1 Å². The number of hydrogen-bond donors (Lipinski definition) is 0. The lowest BCUT2D eigenvalue weighted by molar-refractivity contribution is -0.00497. The molecule has 0 spiro atoms. The highest BCUT2D eigenvalue weighted by atomic mass is 28.4. The molecule has 1 aliphatic carbocycles. The van der Waals surface area contributed by atoms with Crippen LogP contribution in [-0.2, 0) is 9.16 Å². The minimum atomic E-state index is -2.60. The predicted molar refractivity (Wildman–Crippen MR) is 137 cm³/mol. The lowest BCUT2D eigenvalue weighted by atomic mass is 9.98. The second-order valence-electron chi connectivity index (χ2n) is 11.7. The number of hydrogen-bond acceptors (Lipinski definition) is 3. The van der Waals surface area contributed by atoms with E-state index in [0.717, 1.165) is 12.8 Å². The van der Waals surface area contributed by atoms with Gasteiger partial charge in [0.25, 0.3) is 8.32 Å². The second-order valence-corrected chi connectivity index (χ2v) is 16.0. The van der Waals surface area contributed by atoms with Crippen molar-refractivity contribution in [3.63, 3.8) is 0 Å². The molecular weight excluding hydrogens is 426 g/mol. The van der Waals surface area contributed by atoms with Crippen LogP contribution in [0.5, 0.6) is 0 Å². The number of piperidine rings is 1. The SMILES string of the molecule is C[C@H]1[C@H]2C[C@H](C[C@H]2O[Si](c2ccccc2)(c2ccccc2)C(C)(C)C)N1C(=O)OC(C)(C)C. The third kappa shape index (κ3) is 4.38. The van der Waals surface area contributed by atoms with Gasteiger partial charge in [0.05, 0.1) is 6.10 Å². The van der Waals surface area contributed by atoms with Gasteiger partial charge in [-0.1, -0.05) is 81.4 Å². The van der Waals surface area contributed by atoms with Crippen molar-refractivity contribution in [1.82, 2.24) is 4.90 Å². The molecule has 0 aromatic heterocycles. The van der Waals surface area contributed by atoms with E-state index in [-0.39, 0.29) is 29.3 Å². The van der Waals surface area contributed by atoms with Gasteiger partial charge in [0.2, 0.25) is 0 Å². The lowest BCUT2D eigenvalue weighted by Crippen LogP contribution is -2.68. The summed E-state index contributed by atoms with van der Waals surface area (Å²) in [5, 5.41) is 2.57. The normalized spacial score (nSPS) is 25.4. The summed E-state index contributed by atoms with van der Waals surface area (Å²) in [5.41, 5.74) is -0.483. The van der Waals surface area contributed by atoms with Gasteiger partial charge < -0.3 is 14.1 Å². The van der Waals surface area contributed by atoms with Gasteiger partial charge >= 0.3 is 6.09 Å². The van der Waals surface area contributed by atoms with E-state index in [4.69, 9.17) is 9.16 Å². The Kier molecular flexibility index (Phi) is 6.25. The monoisotopic (exact) mass is 465 g/mol. The average molecular weight is 466 g/mol. The molecule has 4 nitrogen and oxygen atoms in total. The molecule has 2 aliphatic rings. The van der Waals surface area contributed by atoms with E-state index in [1.807, 2.05) is 25.7 Å². The Morgan fingerprint density at radius 2 is 1.39 bits per heavy atom. The van der Waals surface area contributed by atoms with Gasteiger partial charge in [-0.15, -0.1) is 0 Å². The molecule has 4 rings (SSSR count). The van der Waals surface area contributed by atoms with E-state index in [2.05, 4.69) is 88.4 Å². The molecule has 2 aromatic carbocycles. The Labute approximate surface area is 200 Å². The summed E-state index contributed by atoms with van der Waals surface area (Å²) < 4.78 is 13.2. The van der Waals surface area contributed by atoms with Crippen LogP contribution in [0.4, 0.5) is 4.79 Å². The first-order chi connectivity index (χ1) is 15.4. The summed E-state index contributed by atoms with van der Waals surface area (Å²) in [5.74, 6) is 0.323. The fourth-order valence-electron chi connectivity index (χ4n) is 5.96. The standard InChI is InChI=1S/C28H39NO3Si/c1-20-24-18-21(29(20)26(30)31-27(2,3)4)19-25(24)32-33(28(5,6)7,22-14-10-8-11-15-22)23-16-12-9-13-17-23/h8-17,20-21,24-25H,18-19H2,1-7H3/t20-,21+,24+,25+/m0/s1. The van der Waals surface area contributed by atoms with E-state index in [1.165, 1.54) is 10.4 Å². The van der Waals surface area contributed by atoms with Crippen molar-refractivity contribution in [3.8, 4) is 0 Å². The van der Waals surface area contributed by atoms with Crippen LogP contribution < -0.4 is 10.4 Å². The van der Waals surface area contributed by atoms with Crippen molar-refractivity contribution in [3.05, 3.63) is 60.7 Å². The van der Waals surface area contributed by atoms with Crippen molar-refractivity contribution in [1.29, 1.82) is 0 Å². The topological polar surface area (TPSA) is 38.8 Å². The number of amides is 1. The van der Waals surface area contributed by atoms with E-state index in [1.54, 1.807) is 0 Å². The van der Waals surface area contributed by atoms with Gasteiger partial charge in [-0.05, 0) is 55.9 Å². The fraction of sp³-hybridized carbons (Fsp3) is 0.536. The van der Waals surface area contributed by atoms with Gasteiger partial charge in [-0.25, -0.2) is 4.79 Å². The number of rotatable bonds is 4. The molecule has 4 atom stereocenters. The summed E-state index contributed by atoms with van der Waals surface area (Å²) in [6.45, 7) is 14.9. The van der Waals surface area contributed by atoms with Crippen LogP contribution in [0.25, 0.3) is 0 Å². The average Bonchev–Trinajstić information content (AvgIpc) is 3.28. The van der Waals surface area contributed by atoms with Gasteiger partial charge in [0.1, 0.15) is 5.60 Å². The van der Waals surface area contributed by atoms with E-state index >= 15 is 0 Å². The summed E-state index contributed by atoms with van der Waals surface area (Å²) in [7, 11) is -2.60. The molecule has 1 heterocycles. The number of ether oxygens (including phenoxy) is 1. The van der Waals surface area contributed by atoms with Gasteiger partial charge in [0.15, 0.2) is 0 Å². The third-order valence-corrected chi connectivity index (χ3v) is 12.4. The maximum absolute atomic E-state index is 12.9. The molecule has 1 saturated carbocycles. The molecule has 178 valence electrons. The first kappa shape index (κ1) is 24.0. The Bertz CT molecular complexity index is 923. The van der Waals surface area contributed by atoms with Gasteiger partial charge in [-0.2, -0.15) is 0 Å². The van der Waals surface area contributed by atoms with E-state index in [9.17, 15) is 4.79 Å². The number of carbonyl (C=O) groups is 1. The van der Waals surface area contributed by atoms with Crippen molar-refractivity contribution in [2.75, 3.05) is 0 Å². The summed E-state index contributed by atoms with van der Waals surface area (Å²) in [6.07, 6.45) is 1.81. The van der Waals surface area contributed by atoms with Crippen LogP contribution in [0.3, 0.4) is 0 Å². The number of fused-ring (bicyclic) bond motifs is 2. The predicted octanol–water partition coefficient (Wildman–Crippen LogP) is 5.35. The molecule has 1 saturated heterocycles. The number of benzene rings is 2. The van der Waals surface area contributed by atoms with Crippen molar-refractivity contribution >= 4 is 24.8 Å². The molecular formula is C28H39NO3Si. The zero-order valence-electron chi connectivity index (χ0n) is 21.2. The first-order valence-electron chi connectivity index (χ1n) is 12.2. The van der Waals surface area contributed by atoms with E-state index in [0.29, 0.717) is 5.92 Å². The molecule has 0 radical (unpaired) electrons. The van der Waals surface area contributed by atoms with Crippen LogP contribution in [0, 0.1) is 5.92 Å². The van der Waals surface area contributed by atoms with Crippen molar-refractivity contribution < 1.29 is 14.0 Å². The number of carbonyl (C=O) groups excluding carboxylic acids is 1. The Morgan fingerprint density at radius 3 is 1.82 bits per heavy atom. The molecule has 1 amide bonds. The second kappa shape index (κ2) is 8.59. The lowest BCUT2D eigenvalue weighted by Gasteiger charge is -2.47. The summed E-state index contributed by atoms with van der Waals surface area (Å²) >= 11 is 0. The third-order valence-electron chi connectivity index (χ3n) is 7.33. The fourth-order valence-corrected chi connectivity index (χ4v) is 10.7. The maximum atomic E-state index is 12.9. The summed E-state index contributed by atoms with van der Waals surface area (Å²) in [4.78, 5) is 14.9. The highest BCUT2D eigenvalue weighted by Crippen LogP contribution is 2.47. The van der Waals surface area contributed by atoms with Crippen LogP contribution >= 0.6 is 0 Å². The van der Waals surface area contributed by atoms with Crippen molar-refractivity contribution in [2.24, 2.45) is 5.92 Å². The number of nitrogens with zero attached hydrogens (tertiary/aromatic N) is 1. The summed E-state index contributed by atoms with van der Waals surface area (Å²) in [6, 6.07) is 21.9. The maximum Gasteiger partial charge on any atom is 0.410 e. The number of likely N-dealkylation sites (tertiary alicyclic amines) is 1. The minimum Gasteiger partial charge on any atom is -0.444 e. The van der Waals surface area contributed by atoms with Gasteiger partial charge in [-0.3, -0.25) is 0 Å². The molecule has 2 fully saturated rings. The molecule has 2 aromatic rings. The van der Waals surface area contributed by atoms with E-state index < -0.39 is 13.9 Å².